The van der Waals surface area contributed by atoms with Gasteiger partial charge in [0.25, 0.3) is 5.56 Å². The van der Waals surface area contributed by atoms with Gasteiger partial charge in [-0.15, -0.1) is 0 Å². The maximum absolute atomic E-state index is 13.5. The molecular weight excluding hydrogens is 395 g/mol. The minimum Gasteiger partial charge on any atom is -0.472 e. The molecule has 3 aromatic rings. The molecule has 1 aliphatic heterocycles. The highest BCUT2D eigenvalue weighted by molar-refractivity contribution is 7.07. The lowest BCUT2D eigenvalue weighted by Crippen LogP contribution is -2.39. The Morgan fingerprint density at radius 3 is 2.76 bits per heavy atom. The summed E-state index contributed by atoms with van der Waals surface area (Å²) in [5.41, 5.74) is 1.78. The number of benzene rings is 1. The number of esters is 1. The summed E-state index contributed by atoms with van der Waals surface area (Å²) in [6.07, 6.45) is 4.76. The number of furan rings is 1. The van der Waals surface area contributed by atoms with Crippen molar-refractivity contribution in [3.8, 4) is 0 Å². The summed E-state index contributed by atoms with van der Waals surface area (Å²) < 4.78 is 25.7. The maximum Gasteiger partial charge on any atom is 0.338 e. The summed E-state index contributed by atoms with van der Waals surface area (Å²) in [4.78, 5) is 30.9. The number of thiazole rings is 1. The number of halogens is 1. The first-order valence-electron chi connectivity index (χ1n) is 8.97. The number of hydrogen-bond donors (Lipinski definition) is 0. The van der Waals surface area contributed by atoms with E-state index in [2.05, 4.69) is 4.99 Å². The van der Waals surface area contributed by atoms with E-state index in [1.807, 2.05) is 0 Å². The van der Waals surface area contributed by atoms with E-state index in [0.29, 0.717) is 20.6 Å². The van der Waals surface area contributed by atoms with Crippen molar-refractivity contribution in [2.75, 3.05) is 6.61 Å². The number of aromatic nitrogens is 1. The van der Waals surface area contributed by atoms with E-state index in [1.54, 1.807) is 38.1 Å². The van der Waals surface area contributed by atoms with Gasteiger partial charge >= 0.3 is 5.97 Å². The monoisotopic (exact) mass is 412 g/mol. The number of ether oxygens (including phenoxy) is 1. The van der Waals surface area contributed by atoms with Crippen LogP contribution in [0.5, 0.6) is 0 Å². The highest BCUT2D eigenvalue weighted by Crippen LogP contribution is 2.30. The quantitative estimate of drug-likeness (QED) is 0.618. The highest BCUT2D eigenvalue weighted by Gasteiger charge is 2.33. The SMILES string of the molecule is CCOC(=O)C1=C(C)N=c2sc(=Cc3ccoc3)c(=O)n2[C@H]1c1ccc(F)cc1. The largest absolute Gasteiger partial charge is 0.472 e. The zero-order valence-corrected chi connectivity index (χ0v) is 16.5. The molecule has 0 N–H and O–H groups in total. The standard InChI is InChI=1S/C21H17FN2O4S/c1-3-28-20(26)17-12(2)23-21-24(18(17)14-4-6-15(22)7-5-14)19(25)16(29-21)10-13-8-9-27-11-13/h4-11,18H,3H2,1-2H3/t18-/m0/s1. The van der Waals surface area contributed by atoms with Crippen LogP contribution in [0.25, 0.3) is 6.08 Å². The second-order valence-electron chi connectivity index (χ2n) is 6.41. The molecule has 4 rings (SSSR count). The molecule has 0 saturated heterocycles. The van der Waals surface area contributed by atoms with Gasteiger partial charge in [-0.3, -0.25) is 9.36 Å². The molecule has 0 radical (unpaired) electrons. The van der Waals surface area contributed by atoms with Crippen molar-refractivity contribution < 1.29 is 18.3 Å². The van der Waals surface area contributed by atoms with Crippen molar-refractivity contribution in [3.05, 3.63) is 90.8 Å². The fourth-order valence-corrected chi connectivity index (χ4v) is 4.31. The average molecular weight is 412 g/mol. The lowest BCUT2D eigenvalue weighted by Gasteiger charge is -2.24. The number of rotatable bonds is 4. The van der Waals surface area contributed by atoms with Gasteiger partial charge in [0.05, 0.1) is 41.0 Å². The van der Waals surface area contributed by atoms with Crippen molar-refractivity contribution in [2.45, 2.75) is 19.9 Å². The van der Waals surface area contributed by atoms with Crippen molar-refractivity contribution in [1.29, 1.82) is 0 Å². The predicted molar refractivity (Wildman–Crippen MR) is 106 cm³/mol. The Balaban J connectivity index is 1.97. The molecule has 148 valence electrons. The van der Waals surface area contributed by atoms with Gasteiger partial charge in [-0.05, 0) is 43.7 Å². The van der Waals surface area contributed by atoms with Crippen molar-refractivity contribution in [3.63, 3.8) is 0 Å². The van der Waals surface area contributed by atoms with E-state index in [9.17, 15) is 14.0 Å². The molecule has 1 atom stereocenters. The van der Waals surface area contributed by atoms with E-state index >= 15 is 0 Å². The Morgan fingerprint density at radius 2 is 2.10 bits per heavy atom. The third kappa shape index (κ3) is 3.47. The van der Waals surface area contributed by atoms with Gasteiger partial charge in [-0.2, -0.15) is 0 Å². The number of nitrogens with zero attached hydrogens (tertiary/aromatic N) is 2. The molecule has 1 aromatic carbocycles. The lowest BCUT2D eigenvalue weighted by molar-refractivity contribution is -0.139. The summed E-state index contributed by atoms with van der Waals surface area (Å²) in [5, 5.41) is 0. The van der Waals surface area contributed by atoms with Gasteiger partial charge in [0, 0.05) is 5.56 Å². The van der Waals surface area contributed by atoms with Gasteiger partial charge in [0.15, 0.2) is 4.80 Å². The van der Waals surface area contributed by atoms with Crippen LogP contribution in [-0.4, -0.2) is 17.1 Å². The van der Waals surface area contributed by atoms with Crippen LogP contribution in [0.1, 0.15) is 31.0 Å². The van der Waals surface area contributed by atoms with Gasteiger partial charge in [-0.1, -0.05) is 23.5 Å². The zero-order chi connectivity index (χ0) is 20.5. The Bertz CT molecular complexity index is 1270. The predicted octanol–water partition coefficient (Wildman–Crippen LogP) is 2.53. The summed E-state index contributed by atoms with van der Waals surface area (Å²) >= 11 is 1.22. The minimum atomic E-state index is -0.752. The molecule has 29 heavy (non-hydrogen) atoms. The van der Waals surface area contributed by atoms with E-state index < -0.39 is 17.8 Å². The van der Waals surface area contributed by atoms with Crippen molar-refractivity contribution in [2.24, 2.45) is 4.99 Å². The number of hydrogen-bond acceptors (Lipinski definition) is 6. The van der Waals surface area contributed by atoms with Gasteiger partial charge < -0.3 is 9.15 Å². The summed E-state index contributed by atoms with van der Waals surface area (Å²) in [7, 11) is 0. The second kappa shape index (κ2) is 7.63. The van der Waals surface area contributed by atoms with Gasteiger partial charge in [0.2, 0.25) is 0 Å². The smallest absolute Gasteiger partial charge is 0.338 e. The molecule has 2 aromatic heterocycles. The molecule has 3 heterocycles. The summed E-state index contributed by atoms with van der Waals surface area (Å²) in [5.74, 6) is -0.952. The molecule has 8 heteroatoms. The number of carbonyl (C=O) groups excluding carboxylic acids is 1. The molecule has 0 unspecified atom stereocenters. The van der Waals surface area contributed by atoms with Crippen molar-refractivity contribution in [1.82, 2.24) is 4.57 Å². The molecule has 0 amide bonds. The van der Waals surface area contributed by atoms with Crippen LogP contribution in [0, 0.1) is 5.82 Å². The first-order valence-corrected chi connectivity index (χ1v) is 9.78. The molecule has 0 spiro atoms. The molecule has 0 fully saturated rings. The summed E-state index contributed by atoms with van der Waals surface area (Å²) in [6.45, 7) is 3.60. The first kappa shape index (κ1) is 19.1. The van der Waals surface area contributed by atoms with Gasteiger partial charge in [-0.25, -0.2) is 14.2 Å². The topological polar surface area (TPSA) is 73.8 Å². The fourth-order valence-electron chi connectivity index (χ4n) is 3.26. The minimum absolute atomic E-state index is 0.191. The van der Waals surface area contributed by atoms with Crippen LogP contribution in [0.4, 0.5) is 4.39 Å². The highest BCUT2D eigenvalue weighted by atomic mass is 32.1. The van der Waals surface area contributed by atoms with Crippen molar-refractivity contribution >= 4 is 23.4 Å². The van der Waals surface area contributed by atoms with E-state index in [1.165, 1.54) is 40.6 Å². The molecular formula is C21H17FN2O4S. The number of fused-ring (bicyclic) bond motifs is 1. The number of carbonyl (C=O) groups is 1. The Morgan fingerprint density at radius 1 is 1.34 bits per heavy atom. The fraction of sp³-hybridized carbons (Fsp3) is 0.190. The zero-order valence-electron chi connectivity index (χ0n) is 15.7. The van der Waals surface area contributed by atoms with E-state index in [0.717, 1.165) is 5.56 Å². The summed E-state index contributed by atoms with van der Waals surface area (Å²) in [6, 6.07) is 6.71. The third-order valence-electron chi connectivity index (χ3n) is 4.54. The van der Waals surface area contributed by atoms with Crippen LogP contribution in [0.2, 0.25) is 0 Å². The van der Waals surface area contributed by atoms with Crippen LogP contribution >= 0.6 is 11.3 Å². The van der Waals surface area contributed by atoms with Crippen LogP contribution < -0.4 is 14.9 Å². The van der Waals surface area contributed by atoms with Crippen LogP contribution in [-0.2, 0) is 9.53 Å². The maximum atomic E-state index is 13.5. The second-order valence-corrected chi connectivity index (χ2v) is 7.42. The van der Waals surface area contributed by atoms with Gasteiger partial charge in [0.1, 0.15) is 5.82 Å². The molecule has 6 nitrogen and oxygen atoms in total. The lowest BCUT2D eigenvalue weighted by atomic mass is 9.96. The Hall–Kier alpha value is -3.26. The average Bonchev–Trinajstić information content (AvgIpc) is 3.30. The van der Waals surface area contributed by atoms with E-state index in [4.69, 9.17) is 9.15 Å². The Labute approximate surface area is 168 Å². The van der Waals surface area contributed by atoms with E-state index in [-0.39, 0.29) is 17.7 Å². The first-order chi connectivity index (χ1) is 14.0. The van der Waals surface area contributed by atoms with Crippen LogP contribution in [0.3, 0.4) is 0 Å². The van der Waals surface area contributed by atoms with Crippen LogP contribution in [0.15, 0.2) is 68.3 Å². The normalized spacial score (nSPS) is 16.5. The molecule has 0 saturated carbocycles. The number of allylic oxidation sites excluding steroid dienone is 1. The molecule has 0 bridgehead atoms. The molecule has 0 aliphatic carbocycles. The molecule has 1 aliphatic rings. The third-order valence-corrected chi connectivity index (χ3v) is 5.53. The Kier molecular flexibility index (Phi) is 5.02.